The molecule has 0 N–H and O–H groups in total. The van der Waals surface area contributed by atoms with Gasteiger partial charge in [0.1, 0.15) is 0 Å². The smallest absolute Gasteiger partial charge is 0.0159 e. The van der Waals surface area contributed by atoms with Crippen LogP contribution in [0.1, 0.15) is 36.1 Å². The molecule has 3 aliphatic carbocycles. The van der Waals surface area contributed by atoms with E-state index in [4.69, 9.17) is 0 Å². The summed E-state index contributed by atoms with van der Waals surface area (Å²) < 4.78 is 0. The minimum atomic E-state index is -0.00231. The van der Waals surface area contributed by atoms with E-state index in [0.29, 0.717) is 0 Å². The van der Waals surface area contributed by atoms with Crippen LogP contribution >= 0.6 is 0 Å². The van der Waals surface area contributed by atoms with Crippen molar-refractivity contribution in [1.82, 2.24) is 0 Å². The van der Waals surface area contributed by atoms with Gasteiger partial charge in [0.15, 0.2) is 0 Å². The monoisotopic (exact) mass is 574 g/mol. The van der Waals surface area contributed by atoms with Gasteiger partial charge in [-0.2, -0.15) is 0 Å². The standard InChI is InChI=1S/C45H34/c1-45(2)41-21-10-9-15-34(41)35-27-26-32(28-42(35)45)29-22-24-31(25-23-29)43-37-16-5-7-18-39(37)44(40-19-8-6-17-38(40)43)36-20-11-13-30-12-3-4-14-33(30)36/h3-28,37,39H,1-2H3. The lowest BCUT2D eigenvalue weighted by Crippen LogP contribution is -2.40. The summed E-state index contributed by atoms with van der Waals surface area (Å²) in [6, 6.07) is 49.8. The maximum atomic E-state index is 2.42. The second kappa shape index (κ2) is 9.91. The Morgan fingerprint density at radius 2 is 1.02 bits per heavy atom. The third-order valence-corrected chi connectivity index (χ3v) is 10.5. The number of fused-ring (bicyclic) bond motifs is 6. The van der Waals surface area contributed by atoms with E-state index in [1.807, 2.05) is 0 Å². The van der Waals surface area contributed by atoms with Crippen LogP contribution in [0.4, 0.5) is 0 Å². The van der Waals surface area contributed by atoms with Crippen molar-refractivity contribution in [3.8, 4) is 22.3 Å². The molecule has 0 radical (unpaired) electrons. The Morgan fingerprint density at radius 1 is 0.444 bits per heavy atom. The Labute approximate surface area is 265 Å². The topological polar surface area (TPSA) is 0 Å². The van der Waals surface area contributed by atoms with Gasteiger partial charge in [0.25, 0.3) is 0 Å². The first-order chi connectivity index (χ1) is 22.1. The SMILES string of the molecule is CC1(C)c2ccccc2-c2ccc(-c3ccc(C4=c5ccccc5=C(c5cccc6ccccc56)C5C=CC=CC45)cc3)cc21. The molecule has 0 aromatic heterocycles. The summed E-state index contributed by atoms with van der Waals surface area (Å²) in [6.45, 7) is 4.71. The van der Waals surface area contributed by atoms with Crippen molar-refractivity contribution < 1.29 is 0 Å². The van der Waals surface area contributed by atoms with Crippen LogP contribution in [0.2, 0.25) is 0 Å². The number of rotatable bonds is 3. The Hall–Kier alpha value is -5.20. The predicted octanol–water partition coefficient (Wildman–Crippen LogP) is 9.58. The van der Waals surface area contributed by atoms with Gasteiger partial charge in [-0.1, -0.05) is 166 Å². The zero-order valence-corrected chi connectivity index (χ0v) is 25.7. The van der Waals surface area contributed by atoms with E-state index in [9.17, 15) is 0 Å². The molecule has 0 heteroatoms. The van der Waals surface area contributed by atoms with Gasteiger partial charge in [-0.25, -0.2) is 0 Å². The molecule has 2 atom stereocenters. The van der Waals surface area contributed by atoms with Gasteiger partial charge in [-0.05, 0) is 82.9 Å². The minimum absolute atomic E-state index is 0.00231. The fourth-order valence-electron chi connectivity index (χ4n) is 8.33. The van der Waals surface area contributed by atoms with Gasteiger partial charge in [0.2, 0.25) is 0 Å². The summed E-state index contributed by atoms with van der Waals surface area (Å²) in [6.07, 6.45) is 9.29. The van der Waals surface area contributed by atoms with Gasteiger partial charge in [0, 0.05) is 17.3 Å². The molecule has 0 fully saturated rings. The van der Waals surface area contributed by atoms with Crippen molar-refractivity contribution >= 4 is 21.9 Å². The first kappa shape index (κ1) is 26.2. The summed E-state index contributed by atoms with van der Waals surface area (Å²) in [5, 5.41) is 5.29. The van der Waals surface area contributed by atoms with E-state index >= 15 is 0 Å². The lowest BCUT2D eigenvalue weighted by molar-refractivity contribution is 0.660. The zero-order valence-electron chi connectivity index (χ0n) is 25.7. The second-order valence-corrected chi connectivity index (χ2v) is 13.2. The number of hydrogen-bond donors (Lipinski definition) is 0. The predicted molar refractivity (Wildman–Crippen MR) is 189 cm³/mol. The number of hydrogen-bond acceptors (Lipinski definition) is 0. The molecule has 0 bridgehead atoms. The zero-order chi connectivity index (χ0) is 30.1. The fraction of sp³-hybridized carbons (Fsp3) is 0.111. The molecule has 0 nitrogen and oxygen atoms in total. The molecule has 6 aromatic carbocycles. The van der Waals surface area contributed by atoms with Crippen LogP contribution in [0.15, 0.2) is 158 Å². The molecule has 0 saturated carbocycles. The molecule has 0 heterocycles. The van der Waals surface area contributed by atoms with E-state index in [0.717, 1.165) is 0 Å². The molecule has 45 heavy (non-hydrogen) atoms. The third kappa shape index (κ3) is 3.92. The first-order valence-electron chi connectivity index (χ1n) is 16.1. The fourth-order valence-corrected chi connectivity index (χ4v) is 8.33. The molecular weight excluding hydrogens is 540 g/mol. The van der Waals surface area contributed by atoms with E-state index < -0.39 is 0 Å². The first-order valence-corrected chi connectivity index (χ1v) is 16.1. The Balaban J connectivity index is 1.20. The maximum Gasteiger partial charge on any atom is 0.0159 e. The third-order valence-electron chi connectivity index (χ3n) is 10.5. The Bertz CT molecular complexity index is 2340. The van der Waals surface area contributed by atoms with Crippen molar-refractivity contribution in [2.75, 3.05) is 0 Å². The normalized spacial score (nSPS) is 18.8. The maximum absolute atomic E-state index is 2.42. The van der Waals surface area contributed by atoms with Crippen molar-refractivity contribution in [3.63, 3.8) is 0 Å². The number of benzene rings is 6. The molecule has 3 aliphatic rings. The molecule has 0 amide bonds. The highest BCUT2D eigenvalue weighted by Gasteiger charge is 2.35. The van der Waals surface area contributed by atoms with Crippen LogP contribution in [-0.2, 0) is 5.41 Å². The summed E-state index contributed by atoms with van der Waals surface area (Å²) >= 11 is 0. The van der Waals surface area contributed by atoms with Crippen LogP contribution < -0.4 is 10.4 Å². The summed E-state index contributed by atoms with van der Waals surface area (Å²) in [5.41, 5.74) is 13.6. The van der Waals surface area contributed by atoms with Crippen LogP contribution in [0, 0.1) is 11.8 Å². The lowest BCUT2D eigenvalue weighted by Gasteiger charge is -2.33. The van der Waals surface area contributed by atoms with Crippen LogP contribution in [0.5, 0.6) is 0 Å². The van der Waals surface area contributed by atoms with E-state index in [-0.39, 0.29) is 17.3 Å². The minimum Gasteiger partial charge on any atom is -0.0760 e. The van der Waals surface area contributed by atoms with Gasteiger partial charge in [-0.3, -0.25) is 0 Å². The van der Waals surface area contributed by atoms with Crippen molar-refractivity contribution in [2.45, 2.75) is 19.3 Å². The van der Waals surface area contributed by atoms with Gasteiger partial charge >= 0.3 is 0 Å². The lowest BCUT2D eigenvalue weighted by atomic mass is 9.69. The highest BCUT2D eigenvalue weighted by atomic mass is 14.4. The van der Waals surface area contributed by atoms with Gasteiger partial charge in [-0.15, -0.1) is 0 Å². The molecule has 2 unspecified atom stereocenters. The molecule has 0 spiro atoms. The molecule has 6 aromatic rings. The van der Waals surface area contributed by atoms with E-state index in [1.165, 1.54) is 76.9 Å². The second-order valence-electron chi connectivity index (χ2n) is 13.2. The molecule has 0 saturated heterocycles. The average molecular weight is 575 g/mol. The van der Waals surface area contributed by atoms with Gasteiger partial charge in [0.05, 0.1) is 0 Å². The average Bonchev–Trinajstić information content (AvgIpc) is 3.33. The largest absolute Gasteiger partial charge is 0.0760 e. The van der Waals surface area contributed by atoms with Crippen LogP contribution in [-0.4, -0.2) is 0 Å². The van der Waals surface area contributed by atoms with Crippen LogP contribution in [0.25, 0.3) is 44.2 Å². The van der Waals surface area contributed by atoms with Gasteiger partial charge < -0.3 is 0 Å². The molecule has 214 valence electrons. The van der Waals surface area contributed by atoms with E-state index in [2.05, 4.69) is 172 Å². The Morgan fingerprint density at radius 3 is 1.84 bits per heavy atom. The quantitative estimate of drug-likeness (QED) is 0.197. The molecule has 9 rings (SSSR count). The van der Waals surface area contributed by atoms with Crippen molar-refractivity contribution in [1.29, 1.82) is 0 Å². The van der Waals surface area contributed by atoms with Crippen molar-refractivity contribution in [2.24, 2.45) is 11.8 Å². The summed E-state index contributed by atoms with van der Waals surface area (Å²) in [7, 11) is 0. The van der Waals surface area contributed by atoms with E-state index in [1.54, 1.807) is 0 Å². The molecular formula is C45H34. The highest BCUT2D eigenvalue weighted by Crippen LogP contribution is 2.49. The Kier molecular flexibility index (Phi) is 5.77. The number of allylic oxidation sites excluding steroid dienone is 4. The summed E-state index contributed by atoms with van der Waals surface area (Å²) in [4.78, 5) is 0. The summed E-state index contributed by atoms with van der Waals surface area (Å²) in [5.74, 6) is 0.537. The van der Waals surface area contributed by atoms with Crippen molar-refractivity contribution in [3.05, 3.63) is 190 Å². The molecule has 0 aliphatic heterocycles. The van der Waals surface area contributed by atoms with Crippen LogP contribution in [0.3, 0.4) is 0 Å². The highest BCUT2D eigenvalue weighted by molar-refractivity contribution is 5.96.